The van der Waals surface area contributed by atoms with Gasteiger partial charge in [0.25, 0.3) is 0 Å². The van der Waals surface area contributed by atoms with Crippen LogP contribution in [0.2, 0.25) is 0 Å². The number of aromatic hydroxyl groups is 1. The Labute approximate surface area is 98.5 Å². The lowest BCUT2D eigenvalue weighted by atomic mass is 10.0. The van der Waals surface area contributed by atoms with Gasteiger partial charge in [-0.05, 0) is 29.3 Å². The molecule has 4 N–H and O–H groups in total. The molecular formula is C14H12N2O. The number of hydrogen-bond acceptors (Lipinski definition) is 2. The zero-order chi connectivity index (χ0) is 11.8. The SMILES string of the molecule is Nc1ccc(-c2ccc(O)cc2)c2c[nH]cc12. The highest BCUT2D eigenvalue weighted by Crippen LogP contribution is 2.32. The third-order valence-corrected chi connectivity index (χ3v) is 2.95. The van der Waals surface area contributed by atoms with Gasteiger partial charge in [0.2, 0.25) is 0 Å². The van der Waals surface area contributed by atoms with Crippen LogP contribution in [0.15, 0.2) is 48.8 Å². The standard InChI is InChI=1S/C14H12N2O/c15-14-6-5-11(12-7-16-8-13(12)14)9-1-3-10(17)4-2-9/h1-8,16-17H,15H2. The number of rotatable bonds is 1. The van der Waals surface area contributed by atoms with Crippen LogP contribution < -0.4 is 5.73 Å². The van der Waals surface area contributed by atoms with Gasteiger partial charge in [0.15, 0.2) is 0 Å². The van der Waals surface area contributed by atoms with Gasteiger partial charge in [-0.2, -0.15) is 0 Å². The first kappa shape index (κ1) is 9.78. The number of phenols is 1. The molecule has 0 fully saturated rings. The maximum atomic E-state index is 9.29. The van der Waals surface area contributed by atoms with E-state index in [1.54, 1.807) is 12.1 Å². The van der Waals surface area contributed by atoms with Crippen LogP contribution in [0, 0.1) is 0 Å². The molecule has 0 unspecified atom stereocenters. The van der Waals surface area contributed by atoms with Gasteiger partial charge in [0.1, 0.15) is 5.75 Å². The summed E-state index contributed by atoms with van der Waals surface area (Å²) in [7, 11) is 0. The third kappa shape index (κ3) is 1.52. The molecule has 0 spiro atoms. The van der Waals surface area contributed by atoms with Crippen molar-refractivity contribution < 1.29 is 5.11 Å². The van der Waals surface area contributed by atoms with Crippen molar-refractivity contribution in [1.29, 1.82) is 0 Å². The average molecular weight is 224 g/mol. The number of aromatic amines is 1. The summed E-state index contributed by atoms with van der Waals surface area (Å²) in [5, 5.41) is 11.4. The molecule has 0 radical (unpaired) electrons. The molecule has 1 heterocycles. The van der Waals surface area contributed by atoms with Gasteiger partial charge in [0.05, 0.1) is 0 Å². The normalized spacial score (nSPS) is 10.8. The number of fused-ring (bicyclic) bond motifs is 1. The Balaban J connectivity index is 2.27. The van der Waals surface area contributed by atoms with E-state index in [-0.39, 0.29) is 5.75 Å². The Morgan fingerprint density at radius 1 is 0.882 bits per heavy atom. The van der Waals surface area contributed by atoms with Crippen molar-refractivity contribution >= 4 is 16.5 Å². The largest absolute Gasteiger partial charge is 0.508 e. The van der Waals surface area contributed by atoms with Gasteiger partial charge in [-0.25, -0.2) is 0 Å². The van der Waals surface area contributed by atoms with Crippen LogP contribution >= 0.6 is 0 Å². The highest BCUT2D eigenvalue weighted by molar-refractivity contribution is 6.02. The summed E-state index contributed by atoms with van der Waals surface area (Å²) in [5.41, 5.74) is 8.85. The van der Waals surface area contributed by atoms with Crippen LogP contribution in [-0.2, 0) is 0 Å². The Morgan fingerprint density at radius 2 is 1.59 bits per heavy atom. The fourth-order valence-corrected chi connectivity index (χ4v) is 2.07. The second-order valence-electron chi connectivity index (χ2n) is 4.03. The number of hydrogen-bond donors (Lipinski definition) is 3. The molecule has 17 heavy (non-hydrogen) atoms. The fourth-order valence-electron chi connectivity index (χ4n) is 2.07. The molecule has 0 atom stereocenters. The Hall–Kier alpha value is -2.42. The van der Waals surface area contributed by atoms with Crippen LogP contribution in [0.4, 0.5) is 5.69 Å². The molecule has 0 aliphatic heterocycles. The van der Waals surface area contributed by atoms with E-state index in [1.807, 2.05) is 36.7 Å². The lowest BCUT2D eigenvalue weighted by Crippen LogP contribution is -1.86. The number of H-pyrrole nitrogens is 1. The zero-order valence-electron chi connectivity index (χ0n) is 9.14. The van der Waals surface area contributed by atoms with E-state index < -0.39 is 0 Å². The van der Waals surface area contributed by atoms with Gasteiger partial charge in [0, 0.05) is 28.9 Å². The predicted molar refractivity (Wildman–Crippen MR) is 69.8 cm³/mol. The number of benzene rings is 2. The molecule has 0 saturated heterocycles. The van der Waals surface area contributed by atoms with Crippen LogP contribution in [0.25, 0.3) is 21.9 Å². The Morgan fingerprint density at radius 3 is 2.35 bits per heavy atom. The molecule has 0 saturated carbocycles. The smallest absolute Gasteiger partial charge is 0.115 e. The minimum Gasteiger partial charge on any atom is -0.508 e. The molecular weight excluding hydrogens is 212 g/mol. The first-order chi connectivity index (χ1) is 8.25. The van der Waals surface area contributed by atoms with E-state index in [0.717, 1.165) is 27.6 Å². The van der Waals surface area contributed by atoms with Gasteiger partial charge in [-0.1, -0.05) is 18.2 Å². The van der Waals surface area contributed by atoms with Crippen LogP contribution in [-0.4, -0.2) is 10.1 Å². The van der Waals surface area contributed by atoms with Crippen molar-refractivity contribution in [2.24, 2.45) is 0 Å². The lowest BCUT2D eigenvalue weighted by Gasteiger charge is -2.05. The monoisotopic (exact) mass is 224 g/mol. The maximum absolute atomic E-state index is 9.29. The van der Waals surface area contributed by atoms with Gasteiger partial charge < -0.3 is 15.8 Å². The number of nitrogens with one attached hydrogen (secondary N) is 1. The van der Waals surface area contributed by atoms with Crippen LogP contribution in [0.5, 0.6) is 5.75 Å². The van der Waals surface area contributed by atoms with E-state index in [9.17, 15) is 5.11 Å². The van der Waals surface area contributed by atoms with Crippen molar-refractivity contribution in [3.63, 3.8) is 0 Å². The molecule has 3 rings (SSSR count). The summed E-state index contributed by atoms with van der Waals surface area (Å²) in [6.45, 7) is 0. The highest BCUT2D eigenvalue weighted by Gasteiger charge is 2.06. The van der Waals surface area contributed by atoms with Crippen LogP contribution in [0.3, 0.4) is 0 Å². The topological polar surface area (TPSA) is 62.0 Å². The fraction of sp³-hybridized carbons (Fsp3) is 0. The number of anilines is 1. The molecule has 0 aliphatic carbocycles. The predicted octanol–water partition coefficient (Wildman–Crippen LogP) is 3.12. The Bertz CT molecular complexity index is 668. The van der Waals surface area contributed by atoms with Crippen molar-refractivity contribution in [1.82, 2.24) is 4.98 Å². The molecule has 3 heteroatoms. The second kappa shape index (κ2) is 3.56. The molecule has 0 bridgehead atoms. The summed E-state index contributed by atoms with van der Waals surface area (Å²) in [4.78, 5) is 3.07. The quantitative estimate of drug-likeness (QED) is 0.556. The summed E-state index contributed by atoms with van der Waals surface area (Å²) < 4.78 is 0. The van der Waals surface area contributed by atoms with E-state index >= 15 is 0 Å². The Kier molecular flexibility index (Phi) is 2.05. The molecule has 0 amide bonds. The van der Waals surface area contributed by atoms with E-state index in [0.29, 0.717) is 0 Å². The van der Waals surface area contributed by atoms with Crippen molar-refractivity contribution in [2.75, 3.05) is 5.73 Å². The number of nitrogens with two attached hydrogens (primary N) is 1. The second-order valence-corrected chi connectivity index (χ2v) is 4.03. The lowest BCUT2D eigenvalue weighted by molar-refractivity contribution is 0.475. The summed E-state index contributed by atoms with van der Waals surface area (Å²) in [5.74, 6) is 0.273. The maximum Gasteiger partial charge on any atom is 0.115 e. The average Bonchev–Trinajstić information content (AvgIpc) is 2.81. The minimum absolute atomic E-state index is 0.273. The molecule has 84 valence electrons. The summed E-state index contributed by atoms with van der Waals surface area (Å²) >= 11 is 0. The first-order valence-corrected chi connectivity index (χ1v) is 5.40. The van der Waals surface area contributed by atoms with Crippen molar-refractivity contribution in [3.8, 4) is 16.9 Å². The van der Waals surface area contributed by atoms with E-state index in [4.69, 9.17) is 5.73 Å². The number of nitrogen functional groups attached to an aromatic ring is 1. The van der Waals surface area contributed by atoms with Gasteiger partial charge in [-0.15, -0.1) is 0 Å². The number of aromatic nitrogens is 1. The molecule has 2 aromatic carbocycles. The zero-order valence-corrected chi connectivity index (χ0v) is 9.14. The van der Waals surface area contributed by atoms with E-state index in [2.05, 4.69) is 4.98 Å². The molecule has 3 aromatic rings. The van der Waals surface area contributed by atoms with Gasteiger partial charge >= 0.3 is 0 Å². The molecule has 3 nitrogen and oxygen atoms in total. The summed E-state index contributed by atoms with van der Waals surface area (Å²) in [6, 6.07) is 11.1. The van der Waals surface area contributed by atoms with Crippen molar-refractivity contribution in [2.45, 2.75) is 0 Å². The molecule has 1 aromatic heterocycles. The van der Waals surface area contributed by atoms with Gasteiger partial charge in [-0.3, -0.25) is 0 Å². The summed E-state index contributed by atoms with van der Waals surface area (Å²) in [6.07, 6.45) is 3.84. The van der Waals surface area contributed by atoms with Crippen molar-refractivity contribution in [3.05, 3.63) is 48.8 Å². The minimum atomic E-state index is 0.273. The number of phenolic OH excluding ortho intramolecular Hbond substituents is 1. The first-order valence-electron chi connectivity index (χ1n) is 5.40. The molecule has 0 aliphatic rings. The highest BCUT2D eigenvalue weighted by atomic mass is 16.3. The third-order valence-electron chi connectivity index (χ3n) is 2.95. The van der Waals surface area contributed by atoms with Crippen LogP contribution in [0.1, 0.15) is 0 Å². The van der Waals surface area contributed by atoms with E-state index in [1.165, 1.54) is 0 Å².